The van der Waals surface area contributed by atoms with Crippen LogP contribution in [0.4, 0.5) is 5.95 Å². The molecule has 0 aliphatic carbocycles. The highest BCUT2D eigenvalue weighted by Gasteiger charge is 2.39. The van der Waals surface area contributed by atoms with E-state index in [1.807, 2.05) is 18.5 Å². The molecule has 1 aromatic rings. The maximum atomic E-state index is 4.31. The molecule has 3 heterocycles. The van der Waals surface area contributed by atoms with Gasteiger partial charge in [0.15, 0.2) is 0 Å². The lowest BCUT2D eigenvalue weighted by molar-refractivity contribution is 0.386. The van der Waals surface area contributed by atoms with Gasteiger partial charge in [-0.1, -0.05) is 0 Å². The lowest BCUT2D eigenvalue weighted by atomic mass is 10.0. The average Bonchev–Trinajstić information content (AvgIpc) is 2.76. The van der Waals surface area contributed by atoms with Crippen LogP contribution in [-0.2, 0) is 0 Å². The molecule has 0 spiro atoms. The van der Waals surface area contributed by atoms with Crippen molar-refractivity contribution >= 4 is 5.95 Å². The lowest BCUT2D eigenvalue weighted by Crippen LogP contribution is -2.27. The molecule has 15 heavy (non-hydrogen) atoms. The van der Waals surface area contributed by atoms with E-state index in [1.54, 1.807) is 0 Å². The molecule has 0 N–H and O–H groups in total. The van der Waals surface area contributed by atoms with Crippen molar-refractivity contribution in [1.82, 2.24) is 14.9 Å². The predicted molar refractivity (Wildman–Crippen MR) is 58.7 cm³/mol. The highest BCUT2D eigenvalue weighted by atomic mass is 15.3. The van der Waals surface area contributed by atoms with Gasteiger partial charge in [-0.15, -0.1) is 0 Å². The average molecular weight is 204 g/mol. The van der Waals surface area contributed by atoms with Crippen LogP contribution in [0.3, 0.4) is 0 Å². The summed E-state index contributed by atoms with van der Waals surface area (Å²) in [6.45, 7) is 4.71. The summed E-state index contributed by atoms with van der Waals surface area (Å²) in [5.41, 5.74) is 0. The van der Waals surface area contributed by atoms with Crippen LogP contribution in [-0.4, -0.2) is 48.1 Å². The number of hydrogen-bond acceptors (Lipinski definition) is 4. The smallest absolute Gasteiger partial charge is 0.225 e. The number of fused-ring (bicyclic) bond motifs is 1. The van der Waals surface area contributed by atoms with E-state index in [-0.39, 0.29) is 0 Å². The molecule has 4 heteroatoms. The van der Waals surface area contributed by atoms with Crippen molar-refractivity contribution in [1.29, 1.82) is 0 Å². The molecule has 3 rings (SSSR count). The standard InChI is InChI=1S/C11H16N4/c1-14-5-9-7-15(8-10(9)6-14)11-12-3-2-4-13-11/h2-4,9-10H,5-8H2,1H3. The Morgan fingerprint density at radius 2 is 1.67 bits per heavy atom. The maximum Gasteiger partial charge on any atom is 0.225 e. The molecule has 80 valence electrons. The summed E-state index contributed by atoms with van der Waals surface area (Å²) >= 11 is 0. The number of rotatable bonds is 1. The molecule has 0 bridgehead atoms. The van der Waals surface area contributed by atoms with Crippen molar-refractivity contribution in [2.75, 3.05) is 38.1 Å². The minimum atomic E-state index is 0.818. The molecule has 2 atom stereocenters. The van der Waals surface area contributed by atoms with Gasteiger partial charge >= 0.3 is 0 Å². The van der Waals surface area contributed by atoms with Gasteiger partial charge in [-0.2, -0.15) is 0 Å². The molecular formula is C11H16N4. The Kier molecular flexibility index (Phi) is 2.09. The molecule has 2 aliphatic heterocycles. The molecule has 0 saturated carbocycles. The van der Waals surface area contributed by atoms with Crippen LogP contribution in [0, 0.1) is 11.8 Å². The van der Waals surface area contributed by atoms with Crippen LogP contribution in [0.5, 0.6) is 0 Å². The van der Waals surface area contributed by atoms with E-state index in [0.717, 1.165) is 30.9 Å². The largest absolute Gasteiger partial charge is 0.340 e. The molecule has 0 radical (unpaired) electrons. The van der Waals surface area contributed by atoms with Crippen LogP contribution in [0.1, 0.15) is 0 Å². The topological polar surface area (TPSA) is 32.3 Å². The number of nitrogens with zero attached hydrogens (tertiary/aromatic N) is 4. The summed E-state index contributed by atoms with van der Waals surface area (Å²) in [7, 11) is 2.21. The van der Waals surface area contributed by atoms with Crippen molar-refractivity contribution < 1.29 is 0 Å². The molecule has 0 aromatic carbocycles. The molecule has 4 nitrogen and oxygen atoms in total. The van der Waals surface area contributed by atoms with Gasteiger partial charge in [0.1, 0.15) is 0 Å². The first-order valence-corrected chi connectivity index (χ1v) is 5.53. The fourth-order valence-electron chi connectivity index (χ4n) is 2.85. The normalized spacial score (nSPS) is 30.9. The van der Waals surface area contributed by atoms with Gasteiger partial charge < -0.3 is 9.80 Å². The number of likely N-dealkylation sites (tertiary alicyclic amines) is 1. The summed E-state index contributed by atoms with van der Waals surface area (Å²) in [5, 5.41) is 0. The van der Waals surface area contributed by atoms with Gasteiger partial charge in [0.25, 0.3) is 0 Å². The van der Waals surface area contributed by atoms with Crippen LogP contribution >= 0.6 is 0 Å². The predicted octanol–water partition coefficient (Wildman–Crippen LogP) is 0.474. The van der Waals surface area contributed by atoms with Gasteiger partial charge in [-0.3, -0.25) is 0 Å². The molecule has 1 aromatic heterocycles. The van der Waals surface area contributed by atoms with Crippen LogP contribution < -0.4 is 4.90 Å². The highest BCUT2D eigenvalue weighted by molar-refractivity contribution is 5.31. The summed E-state index contributed by atoms with van der Waals surface area (Å²) < 4.78 is 0. The van der Waals surface area contributed by atoms with Crippen LogP contribution in [0.2, 0.25) is 0 Å². The Hall–Kier alpha value is -1.16. The van der Waals surface area contributed by atoms with Crippen molar-refractivity contribution in [3.05, 3.63) is 18.5 Å². The van der Waals surface area contributed by atoms with Gasteiger partial charge in [0.2, 0.25) is 5.95 Å². The van der Waals surface area contributed by atoms with E-state index >= 15 is 0 Å². The van der Waals surface area contributed by atoms with E-state index in [9.17, 15) is 0 Å². The SMILES string of the molecule is CN1CC2CN(c3ncccn3)CC2C1. The molecular weight excluding hydrogens is 188 g/mol. The summed E-state index contributed by atoms with van der Waals surface area (Å²) in [4.78, 5) is 13.4. The second-order valence-corrected chi connectivity index (χ2v) is 4.70. The fraction of sp³-hybridized carbons (Fsp3) is 0.636. The third-order valence-electron chi connectivity index (χ3n) is 3.50. The highest BCUT2D eigenvalue weighted by Crippen LogP contribution is 2.31. The van der Waals surface area contributed by atoms with E-state index < -0.39 is 0 Å². The first-order chi connectivity index (χ1) is 7.33. The third-order valence-corrected chi connectivity index (χ3v) is 3.50. The molecule has 2 aliphatic rings. The van der Waals surface area contributed by atoms with E-state index in [2.05, 4.69) is 26.8 Å². The Morgan fingerprint density at radius 3 is 2.27 bits per heavy atom. The Morgan fingerprint density at radius 1 is 1.07 bits per heavy atom. The van der Waals surface area contributed by atoms with Gasteiger partial charge in [0.05, 0.1) is 0 Å². The zero-order chi connectivity index (χ0) is 10.3. The van der Waals surface area contributed by atoms with Crippen molar-refractivity contribution in [2.45, 2.75) is 0 Å². The number of hydrogen-bond donors (Lipinski definition) is 0. The number of aromatic nitrogens is 2. The van der Waals surface area contributed by atoms with E-state index in [1.165, 1.54) is 13.1 Å². The van der Waals surface area contributed by atoms with Crippen molar-refractivity contribution in [3.63, 3.8) is 0 Å². The van der Waals surface area contributed by atoms with Gasteiger partial charge in [0, 0.05) is 38.6 Å². The van der Waals surface area contributed by atoms with Crippen LogP contribution in [0.25, 0.3) is 0 Å². The minimum absolute atomic E-state index is 0.818. The fourth-order valence-corrected chi connectivity index (χ4v) is 2.85. The summed E-state index contributed by atoms with van der Waals surface area (Å²) in [6.07, 6.45) is 3.64. The van der Waals surface area contributed by atoms with Gasteiger partial charge in [-0.25, -0.2) is 9.97 Å². The molecule has 2 fully saturated rings. The van der Waals surface area contributed by atoms with Crippen LogP contribution in [0.15, 0.2) is 18.5 Å². The Labute approximate surface area is 89.9 Å². The molecule has 2 saturated heterocycles. The first-order valence-electron chi connectivity index (χ1n) is 5.53. The van der Waals surface area contributed by atoms with E-state index in [4.69, 9.17) is 0 Å². The van der Waals surface area contributed by atoms with E-state index in [0.29, 0.717) is 0 Å². The van der Waals surface area contributed by atoms with Crippen molar-refractivity contribution in [2.24, 2.45) is 11.8 Å². The second-order valence-electron chi connectivity index (χ2n) is 4.70. The zero-order valence-electron chi connectivity index (χ0n) is 9.00. The summed E-state index contributed by atoms with van der Waals surface area (Å²) in [6, 6.07) is 1.87. The summed E-state index contributed by atoms with van der Waals surface area (Å²) in [5.74, 6) is 2.53. The Bertz CT molecular complexity index is 326. The monoisotopic (exact) mass is 204 g/mol. The maximum absolute atomic E-state index is 4.31. The second kappa shape index (κ2) is 3.45. The number of anilines is 1. The first kappa shape index (κ1) is 9.09. The third kappa shape index (κ3) is 1.59. The quantitative estimate of drug-likeness (QED) is 0.666. The zero-order valence-corrected chi connectivity index (χ0v) is 9.00. The molecule has 0 amide bonds. The van der Waals surface area contributed by atoms with Gasteiger partial charge in [-0.05, 0) is 24.9 Å². The Balaban J connectivity index is 1.73. The molecule has 2 unspecified atom stereocenters. The van der Waals surface area contributed by atoms with Crippen molar-refractivity contribution in [3.8, 4) is 0 Å². The lowest BCUT2D eigenvalue weighted by Gasteiger charge is -2.18. The minimum Gasteiger partial charge on any atom is -0.340 e.